The second-order valence-corrected chi connectivity index (χ2v) is 6.19. The average molecular weight is 307 g/mol. The lowest BCUT2D eigenvalue weighted by Crippen LogP contribution is -2.12. The highest BCUT2D eigenvalue weighted by atomic mass is 32.1. The number of aryl methyl sites for hydroxylation is 1. The maximum atomic E-state index is 12.3. The summed E-state index contributed by atoms with van der Waals surface area (Å²) in [5.74, 6) is 0. The Morgan fingerprint density at radius 1 is 1.09 bits per heavy atom. The number of fused-ring (bicyclic) bond motifs is 1. The molecule has 0 aliphatic rings. The summed E-state index contributed by atoms with van der Waals surface area (Å²) in [5, 5.41) is 3.81. The Hall–Kier alpha value is -2.66. The fraction of sp³-hybridized carbons (Fsp3) is 0.0588. The molecule has 0 bridgehead atoms. The van der Waals surface area contributed by atoms with Crippen molar-refractivity contribution in [2.24, 2.45) is 0 Å². The summed E-state index contributed by atoms with van der Waals surface area (Å²) in [6.45, 7) is 2.03. The zero-order chi connectivity index (χ0) is 15.1. The minimum atomic E-state index is -0.101. The van der Waals surface area contributed by atoms with E-state index in [0.717, 1.165) is 27.0 Å². The largest absolute Gasteiger partial charge is 0.288 e. The van der Waals surface area contributed by atoms with Gasteiger partial charge in [0.1, 0.15) is 0 Å². The quantitative estimate of drug-likeness (QED) is 0.613. The maximum Gasteiger partial charge on any atom is 0.273 e. The first-order chi connectivity index (χ1) is 10.7. The van der Waals surface area contributed by atoms with Crippen molar-refractivity contribution in [1.29, 1.82) is 0 Å². The molecule has 4 rings (SSSR count). The highest BCUT2D eigenvalue weighted by molar-refractivity contribution is 7.20. The molecule has 2 heterocycles. The molecule has 0 atom stereocenters. The Morgan fingerprint density at radius 3 is 2.77 bits per heavy atom. The van der Waals surface area contributed by atoms with Gasteiger partial charge in [-0.3, -0.25) is 9.89 Å². The predicted octanol–water partition coefficient (Wildman–Crippen LogP) is 3.75. The van der Waals surface area contributed by atoms with Crippen molar-refractivity contribution < 1.29 is 0 Å². The third-order valence-corrected chi connectivity index (χ3v) is 4.54. The van der Waals surface area contributed by atoms with Gasteiger partial charge in [0.2, 0.25) is 5.13 Å². The smallest absolute Gasteiger partial charge is 0.273 e. The van der Waals surface area contributed by atoms with Crippen LogP contribution in [0.4, 0.5) is 0 Å². The van der Waals surface area contributed by atoms with E-state index in [1.54, 1.807) is 6.07 Å². The molecule has 1 N–H and O–H groups in total. The Balaban J connectivity index is 1.85. The number of hydrogen-bond donors (Lipinski definition) is 1. The molecule has 0 radical (unpaired) electrons. The molecule has 108 valence electrons. The van der Waals surface area contributed by atoms with Crippen LogP contribution >= 0.6 is 11.3 Å². The summed E-state index contributed by atoms with van der Waals surface area (Å²) in [6.07, 6.45) is 0. The molecule has 2 aromatic heterocycles. The third kappa shape index (κ3) is 2.16. The number of benzene rings is 2. The van der Waals surface area contributed by atoms with Crippen LogP contribution in [0.15, 0.2) is 59.4 Å². The van der Waals surface area contributed by atoms with Gasteiger partial charge in [0.05, 0.1) is 15.9 Å². The Bertz CT molecular complexity index is 992. The number of H-pyrrole nitrogens is 1. The van der Waals surface area contributed by atoms with Crippen molar-refractivity contribution in [1.82, 2.24) is 14.8 Å². The van der Waals surface area contributed by atoms with Crippen molar-refractivity contribution >= 4 is 21.6 Å². The van der Waals surface area contributed by atoms with Crippen LogP contribution in [-0.2, 0) is 0 Å². The van der Waals surface area contributed by atoms with Crippen LogP contribution in [-0.4, -0.2) is 14.8 Å². The summed E-state index contributed by atoms with van der Waals surface area (Å²) < 4.78 is 2.57. The standard InChI is InChI=1S/C17H13N3OS/c1-11-5-4-6-12(9-11)14-10-16(21)20(19-14)17-18-13-7-2-3-8-15(13)22-17/h2-10,19H,1H3. The SMILES string of the molecule is Cc1cccc(-c2cc(=O)n(-c3nc4ccccc4s3)[nH]2)c1. The first-order valence-corrected chi connectivity index (χ1v) is 7.77. The Morgan fingerprint density at radius 2 is 1.95 bits per heavy atom. The molecule has 0 spiro atoms. The number of rotatable bonds is 2. The molecular formula is C17H13N3OS. The van der Waals surface area contributed by atoms with Crippen LogP contribution < -0.4 is 5.56 Å². The maximum absolute atomic E-state index is 12.3. The molecule has 4 aromatic rings. The van der Waals surface area contributed by atoms with E-state index < -0.39 is 0 Å². The van der Waals surface area contributed by atoms with Crippen LogP contribution in [0, 0.1) is 6.92 Å². The van der Waals surface area contributed by atoms with Gasteiger partial charge in [-0.05, 0) is 30.7 Å². The zero-order valence-electron chi connectivity index (χ0n) is 11.9. The molecule has 0 saturated carbocycles. The molecule has 0 amide bonds. The average Bonchev–Trinajstić information content (AvgIpc) is 3.10. The van der Waals surface area contributed by atoms with Gasteiger partial charge in [-0.2, -0.15) is 4.68 Å². The van der Waals surface area contributed by atoms with Crippen molar-refractivity contribution in [3.8, 4) is 16.4 Å². The van der Waals surface area contributed by atoms with Crippen molar-refractivity contribution in [3.05, 3.63) is 70.5 Å². The van der Waals surface area contributed by atoms with Crippen LogP contribution in [0.3, 0.4) is 0 Å². The summed E-state index contributed by atoms with van der Waals surface area (Å²) in [6, 6.07) is 17.5. The predicted molar refractivity (Wildman–Crippen MR) is 89.7 cm³/mol. The fourth-order valence-corrected chi connectivity index (χ4v) is 3.39. The Kier molecular flexibility index (Phi) is 2.94. The van der Waals surface area contributed by atoms with E-state index in [9.17, 15) is 4.79 Å². The highest BCUT2D eigenvalue weighted by Gasteiger charge is 2.11. The topological polar surface area (TPSA) is 50.7 Å². The first kappa shape index (κ1) is 13.0. The molecule has 0 unspecified atom stereocenters. The van der Waals surface area contributed by atoms with Crippen molar-refractivity contribution in [2.75, 3.05) is 0 Å². The number of nitrogens with one attached hydrogen (secondary N) is 1. The van der Waals surface area contributed by atoms with E-state index in [0.29, 0.717) is 5.13 Å². The monoisotopic (exact) mass is 307 g/mol. The lowest BCUT2D eigenvalue weighted by Gasteiger charge is -1.99. The number of thiazole rings is 1. The molecule has 5 heteroatoms. The van der Waals surface area contributed by atoms with Gasteiger partial charge >= 0.3 is 0 Å². The van der Waals surface area contributed by atoms with Gasteiger partial charge in [-0.15, -0.1) is 0 Å². The second-order valence-electron chi connectivity index (χ2n) is 5.18. The van der Waals surface area contributed by atoms with Crippen LogP contribution in [0.25, 0.3) is 26.6 Å². The van der Waals surface area contributed by atoms with Gasteiger partial charge < -0.3 is 0 Å². The minimum absolute atomic E-state index is 0.101. The molecule has 2 aromatic carbocycles. The van der Waals surface area contributed by atoms with Gasteiger partial charge in [0.15, 0.2) is 0 Å². The number of para-hydroxylation sites is 1. The lowest BCUT2D eigenvalue weighted by atomic mass is 10.1. The van der Waals surface area contributed by atoms with E-state index in [1.807, 2.05) is 55.5 Å². The normalized spacial score (nSPS) is 11.1. The van der Waals surface area contributed by atoms with E-state index in [4.69, 9.17) is 0 Å². The van der Waals surface area contributed by atoms with E-state index >= 15 is 0 Å². The highest BCUT2D eigenvalue weighted by Crippen LogP contribution is 2.24. The van der Waals surface area contributed by atoms with E-state index in [1.165, 1.54) is 16.0 Å². The third-order valence-electron chi connectivity index (χ3n) is 3.52. The second kappa shape index (κ2) is 4.96. The summed E-state index contributed by atoms with van der Waals surface area (Å²) in [5.41, 5.74) is 3.76. The minimum Gasteiger partial charge on any atom is -0.288 e. The van der Waals surface area contributed by atoms with Gasteiger partial charge in [0.25, 0.3) is 5.56 Å². The molecule has 4 nitrogen and oxygen atoms in total. The summed E-state index contributed by atoms with van der Waals surface area (Å²) in [7, 11) is 0. The molecular weight excluding hydrogens is 294 g/mol. The number of aromatic amines is 1. The van der Waals surface area contributed by atoms with Crippen molar-refractivity contribution in [3.63, 3.8) is 0 Å². The number of nitrogens with zero attached hydrogens (tertiary/aromatic N) is 2. The summed E-state index contributed by atoms with van der Waals surface area (Å²) in [4.78, 5) is 16.8. The molecule has 0 saturated heterocycles. The Labute approximate surface area is 130 Å². The zero-order valence-corrected chi connectivity index (χ0v) is 12.7. The number of hydrogen-bond acceptors (Lipinski definition) is 3. The van der Waals surface area contributed by atoms with Crippen LogP contribution in [0.1, 0.15) is 5.56 Å². The van der Waals surface area contributed by atoms with Gasteiger partial charge in [0, 0.05) is 6.07 Å². The molecule has 22 heavy (non-hydrogen) atoms. The van der Waals surface area contributed by atoms with Crippen molar-refractivity contribution in [2.45, 2.75) is 6.92 Å². The lowest BCUT2D eigenvalue weighted by molar-refractivity contribution is 0.846. The molecule has 0 fully saturated rings. The number of aromatic nitrogens is 3. The van der Waals surface area contributed by atoms with E-state index in [2.05, 4.69) is 10.1 Å². The van der Waals surface area contributed by atoms with Crippen LogP contribution in [0.2, 0.25) is 0 Å². The van der Waals surface area contributed by atoms with Gasteiger partial charge in [-0.1, -0.05) is 47.2 Å². The summed E-state index contributed by atoms with van der Waals surface area (Å²) >= 11 is 1.50. The first-order valence-electron chi connectivity index (χ1n) is 6.96. The fourth-order valence-electron chi connectivity index (χ4n) is 2.45. The molecule has 0 aliphatic heterocycles. The van der Waals surface area contributed by atoms with Gasteiger partial charge in [-0.25, -0.2) is 4.98 Å². The molecule has 0 aliphatic carbocycles. The van der Waals surface area contributed by atoms with E-state index in [-0.39, 0.29) is 5.56 Å². The van der Waals surface area contributed by atoms with Crippen LogP contribution in [0.5, 0.6) is 0 Å².